The number of amides is 1. The summed E-state index contributed by atoms with van der Waals surface area (Å²) in [6.45, 7) is 6.81. The first-order valence-electron chi connectivity index (χ1n) is 11.9. The summed E-state index contributed by atoms with van der Waals surface area (Å²) in [4.78, 5) is 26.0. The molecule has 1 aromatic carbocycles. The Bertz CT molecular complexity index is 1240. The van der Waals surface area contributed by atoms with Crippen LogP contribution in [0.3, 0.4) is 0 Å². The van der Waals surface area contributed by atoms with Crippen molar-refractivity contribution in [2.75, 3.05) is 44.2 Å². The van der Waals surface area contributed by atoms with Crippen LogP contribution < -0.4 is 10.6 Å². The van der Waals surface area contributed by atoms with Crippen LogP contribution in [0.15, 0.2) is 24.4 Å². The van der Waals surface area contributed by atoms with Gasteiger partial charge in [-0.3, -0.25) is 4.79 Å². The molecule has 11 heteroatoms. The lowest BCUT2D eigenvalue weighted by atomic mass is 9.80. The van der Waals surface area contributed by atoms with Crippen molar-refractivity contribution in [3.8, 4) is 0 Å². The van der Waals surface area contributed by atoms with Crippen LogP contribution >= 0.6 is 23.2 Å². The third-order valence-electron chi connectivity index (χ3n) is 7.26. The number of β-amino-alcohol motifs (C(OH)–C–C–N with tert-alkyl or cyclic N) is 1. The standard InChI is InChI=1S/C24H29Cl2N7O2/c1-14(18-5-4-17(25)9-19(18)26)33-24-22(21(30-33)23(27)35)28-10-20(29-24)32-12-16(13-32)15-3-2-6-31(11-15)7-8-34/h4-5,9-10,14-16,34H,2-3,6-8,11-13H2,1H3,(H2,27,35)/t14-,15-/m1/s1. The predicted molar refractivity (Wildman–Crippen MR) is 136 cm³/mol. The molecule has 0 spiro atoms. The van der Waals surface area contributed by atoms with Crippen LogP contribution in [0, 0.1) is 11.8 Å². The van der Waals surface area contributed by atoms with Gasteiger partial charge in [-0.05, 0) is 55.8 Å². The number of likely N-dealkylation sites (tertiary alicyclic amines) is 1. The van der Waals surface area contributed by atoms with Gasteiger partial charge in [0, 0.05) is 36.2 Å². The molecule has 2 aromatic heterocycles. The SMILES string of the molecule is C[C@H](c1ccc(Cl)cc1Cl)n1nc(C(N)=O)c2ncc(N3CC([C@@H]4CCCN(CCO)C4)C3)nc21. The van der Waals surface area contributed by atoms with Crippen molar-refractivity contribution in [2.24, 2.45) is 17.6 Å². The number of anilines is 1. The van der Waals surface area contributed by atoms with Gasteiger partial charge in [-0.2, -0.15) is 5.10 Å². The fourth-order valence-corrected chi connectivity index (χ4v) is 5.84. The van der Waals surface area contributed by atoms with Crippen LogP contribution in [-0.2, 0) is 0 Å². The summed E-state index contributed by atoms with van der Waals surface area (Å²) in [5.74, 6) is 1.32. The van der Waals surface area contributed by atoms with Crippen molar-refractivity contribution in [3.05, 3.63) is 45.7 Å². The maximum Gasteiger partial charge on any atom is 0.271 e. The number of hydrogen-bond acceptors (Lipinski definition) is 7. The number of aromatic nitrogens is 4. The summed E-state index contributed by atoms with van der Waals surface area (Å²) in [5.41, 5.74) is 7.35. The molecule has 2 aliphatic rings. The van der Waals surface area contributed by atoms with Gasteiger partial charge in [-0.25, -0.2) is 14.6 Å². The van der Waals surface area contributed by atoms with Gasteiger partial charge in [0.05, 0.1) is 18.8 Å². The minimum absolute atomic E-state index is 0.0867. The Labute approximate surface area is 213 Å². The summed E-state index contributed by atoms with van der Waals surface area (Å²) in [7, 11) is 0. The molecule has 2 aliphatic heterocycles. The molecule has 1 amide bonds. The average molecular weight is 518 g/mol. The van der Waals surface area contributed by atoms with E-state index in [0.29, 0.717) is 33.0 Å². The van der Waals surface area contributed by atoms with Gasteiger partial charge in [-0.15, -0.1) is 0 Å². The first kappa shape index (κ1) is 24.2. The molecule has 5 rings (SSSR count). The third-order valence-corrected chi connectivity index (χ3v) is 7.82. The molecule has 0 radical (unpaired) electrons. The second-order valence-electron chi connectivity index (χ2n) is 9.49. The number of halogens is 2. The first-order valence-corrected chi connectivity index (χ1v) is 12.7. The van der Waals surface area contributed by atoms with Gasteiger partial charge in [0.15, 0.2) is 11.3 Å². The third kappa shape index (κ3) is 4.70. The number of primary amides is 1. The highest BCUT2D eigenvalue weighted by Crippen LogP contribution is 2.35. The maximum absolute atomic E-state index is 12.1. The fourth-order valence-electron chi connectivity index (χ4n) is 5.28. The van der Waals surface area contributed by atoms with E-state index in [1.165, 1.54) is 12.8 Å². The van der Waals surface area contributed by atoms with Crippen LogP contribution in [0.2, 0.25) is 10.0 Å². The number of aliphatic hydroxyl groups is 1. The van der Waals surface area contributed by atoms with Gasteiger partial charge < -0.3 is 20.6 Å². The zero-order chi connectivity index (χ0) is 24.7. The van der Waals surface area contributed by atoms with E-state index in [4.69, 9.17) is 33.9 Å². The van der Waals surface area contributed by atoms with Crippen molar-refractivity contribution in [1.29, 1.82) is 0 Å². The number of carbonyl (C=O) groups excluding carboxylic acids is 1. The smallest absolute Gasteiger partial charge is 0.271 e. The van der Waals surface area contributed by atoms with E-state index >= 15 is 0 Å². The number of benzene rings is 1. The van der Waals surface area contributed by atoms with E-state index in [1.807, 2.05) is 13.0 Å². The number of hydrogen-bond donors (Lipinski definition) is 2. The van der Waals surface area contributed by atoms with Crippen molar-refractivity contribution in [3.63, 3.8) is 0 Å². The first-order chi connectivity index (χ1) is 16.9. The fraction of sp³-hybridized carbons (Fsp3) is 0.500. The van der Waals surface area contributed by atoms with Gasteiger partial charge >= 0.3 is 0 Å². The van der Waals surface area contributed by atoms with Crippen LogP contribution in [0.25, 0.3) is 11.2 Å². The second kappa shape index (κ2) is 9.89. The molecule has 3 aromatic rings. The molecule has 186 valence electrons. The molecule has 0 aliphatic carbocycles. The molecule has 0 bridgehead atoms. The number of piperidine rings is 1. The molecule has 0 saturated carbocycles. The van der Waals surface area contributed by atoms with Crippen molar-refractivity contribution in [2.45, 2.75) is 25.8 Å². The van der Waals surface area contributed by atoms with Crippen LogP contribution in [0.1, 0.15) is 41.9 Å². The number of nitrogens with two attached hydrogens (primary N) is 1. The van der Waals surface area contributed by atoms with Gasteiger partial charge in [0.25, 0.3) is 5.91 Å². The summed E-state index contributed by atoms with van der Waals surface area (Å²) < 4.78 is 1.66. The highest BCUT2D eigenvalue weighted by Gasteiger charge is 2.36. The normalized spacial score (nSPS) is 20.2. The molecule has 2 saturated heterocycles. The van der Waals surface area contributed by atoms with E-state index in [-0.39, 0.29) is 18.3 Å². The number of carbonyl (C=O) groups is 1. The quantitative estimate of drug-likeness (QED) is 0.495. The Morgan fingerprint density at radius 2 is 2.06 bits per heavy atom. The zero-order valence-electron chi connectivity index (χ0n) is 19.6. The van der Waals surface area contributed by atoms with E-state index < -0.39 is 5.91 Å². The molecule has 2 fully saturated rings. The summed E-state index contributed by atoms with van der Waals surface area (Å²) in [5, 5.41) is 14.8. The Morgan fingerprint density at radius 1 is 1.26 bits per heavy atom. The molecule has 35 heavy (non-hydrogen) atoms. The topological polar surface area (TPSA) is 113 Å². The zero-order valence-corrected chi connectivity index (χ0v) is 21.1. The van der Waals surface area contributed by atoms with Gasteiger partial charge in [-0.1, -0.05) is 29.3 Å². The molecule has 4 heterocycles. The number of nitrogens with zero attached hydrogens (tertiary/aromatic N) is 6. The second-order valence-corrected chi connectivity index (χ2v) is 10.3. The monoisotopic (exact) mass is 517 g/mol. The van der Waals surface area contributed by atoms with Crippen molar-refractivity contribution >= 4 is 46.1 Å². The summed E-state index contributed by atoms with van der Waals surface area (Å²) in [6, 6.07) is 4.97. The predicted octanol–water partition coefficient (Wildman–Crippen LogP) is 2.98. The molecule has 3 N–H and O–H groups in total. The van der Waals surface area contributed by atoms with Crippen LogP contribution in [0.4, 0.5) is 5.82 Å². The number of fused-ring (bicyclic) bond motifs is 1. The number of rotatable bonds is 7. The van der Waals surface area contributed by atoms with E-state index in [2.05, 4.69) is 19.9 Å². The summed E-state index contributed by atoms with van der Waals surface area (Å²) in [6.07, 6.45) is 4.09. The van der Waals surface area contributed by atoms with E-state index in [1.54, 1.807) is 23.0 Å². The number of aliphatic hydroxyl groups excluding tert-OH is 1. The van der Waals surface area contributed by atoms with Crippen LogP contribution in [-0.4, -0.2) is 75.0 Å². The van der Waals surface area contributed by atoms with E-state index in [0.717, 1.165) is 44.1 Å². The largest absolute Gasteiger partial charge is 0.395 e. The van der Waals surface area contributed by atoms with Crippen LogP contribution in [0.5, 0.6) is 0 Å². The maximum atomic E-state index is 12.1. The molecule has 9 nitrogen and oxygen atoms in total. The molecule has 2 atom stereocenters. The van der Waals surface area contributed by atoms with Crippen molar-refractivity contribution < 1.29 is 9.90 Å². The van der Waals surface area contributed by atoms with Crippen molar-refractivity contribution in [1.82, 2.24) is 24.6 Å². The van der Waals surface area contributed by atoms with E-state index in [9.17, 15) is 9.90 Å². The molecule has 0 unspecified atom stereocenters. The minimum atomic E-state index is -0.654. The van der Waals surface area contributed by atoms with Gasteiger partial charge in [0.1, 0.15) is 11.3 Å². The Hall–Kier alpha value is -2.46. The Kier molecular flexibility index (Phi) is 6.85. The average Bonchev–Trinajstić information content (AvgIpc) is 3.18. The molecular formula is C24H29Cl2N7O2. The lowest BCUT2D eigenvalue weighted by Crippen LogP contribution is -2.54. The highest BCUT2D eigenvalue weighted by atomic mass is 35.5. The minimum Gasteiger partial charge on any atom is -0.395 e. The molecular weight excluding hydrogens is 489 g/mol. The Balaban J connectivity index is 1.40. The highest BCUT2D eigenvalue weighted by molar-refractivity contribution is 6.35. The Morgan fingerprint density at radius 3 is 2.77 bits per heavy atom. The lowest BCUT2D eigenvalue weighted by Gasteiger charge is -2.47. The van der Waals surface area contributed by atoms with Gasteiger partial charge in [0.2, 0.25) is 0 Å². The summed E-state index contributed by atoms with van der Waals surface area (Å²) >= 11 is 12.5. The lowest BCUT2D eigenvalue weighted by molar-refractivity contribution is 0.0995.